The van der Waals surface area contributed by atoms with Crippen LogP contribution in [0.15, 0.2) is 12.4 Å². The average molecular weight is 264 g/mol. The van der Waals surface area contributed by atoms with Crippen molar-refractivity contribution in [3.8, 4) is 0 Å². The number of ether oxygens (including phenoxy) is 1. The Hall–Kier alpha value is -1.20. The maximum absolute atomic E-state index is 5.77. The van der Waals surface area contributed by atoms with Crippen molar-refractivity contribution in [2.75, 3.05) is 25.1 Å². The van der Waals surface area contributed by atoms with Crippen molar-refractivity contribution in [3.05, 3.63) is 18.0 Å². The van der Waals surface area contributed by atoms with Crippen LogP contribution in [0.3, 0.4) is 0 Å². The van der Waals surface area contributed by atoms with Crippen LogP contribution >= 0.6 is 0 Å². The normalized spacial score (nSPS) is 25.4. The Balaban J connectivity index is 2.02. The zero-order valence-electron chi connectivity index (χ0n) is 12.0. The third-order valence-electron chi connectivity index (χ3n) is 3.72. The topological polar surface area (TPSA) is 64.3 Å². The van der Waals surface area contributed by atoms with Crippen LogP contribution in [0.4, 0.5) is 5.95 Å². The number of anilines is 1. The average Bonchev–Trinajstić information content (AvgIpc) is 2.40. The van der Waals surface area contributed by atoms with E-state index in [0.717, 1.165) is 37.4 Å². The monoisotopic (exact) mass is 264 g/mol. The summed E-state index contributed by atoms with van der Waals surface area (Å²) in [5.74, 6) is 1.39. The Morgan fingerprint density at radius 2 is 2.16 bits per heavy atom. The molecule has 2 rings (SSSR count). The van der Waals surface area contributed by atoms with Gasteiger partial charge in [0.25, 0.3) is 0 Å². The first-order valence-corrected chi connectivity index (χ1v) is 6.94. The van der Waals surface area contributed by atoms with Crippen LogP contribution < -0.4 is 10.6 Å². The Morgan fingerprint density at radius 1 is 1.47 bits per heavy atom. The van der Waals surface area contributed by atoms with Gasteiger partial charge in [-0.1, -0.05) is 6.92 Å². The first-order chi connectivity index (χ1) is 9.10. The molecule has 1 aromatic rings. The van der Waals surface area contributed by atoms with Crippen LogP contribution in [-0.2, 0) is 11.2 Å². The summed E-state index contributed by atoms with van der Waals surface area (Å²) < 4.78 is 5.52. The van der Waals surface area contributed by atoms with E-state index in [1.807, 2.05) is 19.3 Å². The molecule has 2 heterocycles. The highest BCUT2D eigenvalue weighted by atomic mass is 16.5. The third kappa shape index (κ3) is 3.64. The van der Waals surface area contributed by atoms with Gasteiger partial charge in [-0.3, -0.25) is 0 Å². The number of nitrogens with zero attached hydrogens (tertiary/aromatic N) is 3. The van der Waals surface area contributed by atoms with Crippen molar-refractivity contribution in [3.63, 3.8) is 0 Å². The van der Waals surface area contributed by atoms with Crippen LogP contribution in [0.1, 0.15) is 25.8 Å². The predicted molar refractivity (Wildman–Crippen MR) is 76.2 cm³/mol. The van der Waals surface area contributed by atoms with E-state index in [0.29, 0.717) is 5.92 Å². The molecule has 0 bridgehead atoms. The molecule has 2 N–H and O–H groups in total. The van der Waals surface area contributed by atoms with Gasteiger partial charge in [0, 0.05) is 38.6 Å². The van der Waals surface area contributed by atoms with Gasteiger partial charge < -0.3 is 15.4 Å². The third-order valence-corrected chi connectivity index (χ3v) is 3.72. The molecule has 5 nitrogen and oxygen atoms in total. The zero-order chi connectivity index (χ0) is 13.8. The van der Waals surface area contributed by atoms with Gasteiger partial charge in [-0.05, 0) is 31.2 Å². The number of rotatable bonds is 4. The Kier molecular flexibility index (Phi) is 4.71. The highest BCUT2D eigenvalue weighted by Crippen LogP contribution is 2.22. The lowest BCUT2D eigenvalue weighted by Gasteiger charge is -2.36. The lowest BCUT2D eigenvalue weighted by molar-refractivity contribution is 0.0494. The molecule has 1 aromatic heterocycles. The summed E-state index contributed by atoms with van der Waals surface area (Å²) in [5.41, 5.74) is 6.86. The van der Waals surface area contributed by atoms with Crippen molar-refractivity contribution in [1.29, 1.82) is 0 Å². The van der Waals surface area contributed by atoms with E-state index < -0.39 is 0 Å². The van der Waals surface area contributed by atoms with E-state index >= 15 is 0 Å². The van der Waals surface area contributed by atoms with E-state index in [1.54, 1.807) is 7.11 Å². The standard InChI is InChI=1S/C14H24N4O/c1-10-4-5-18(9-13(10)19-3)14-16-7-12(8-17-14)6-11(2)15/h7-8,10-11,13H,4-6,9,15H2,1-3H3. The molecule has 0 radical (unpaired) electrons. The lowest BCUT2D eigenvalue weighted by Crippen LogP contribution is -2.44. The summed E-state index contributed by atoms with van der Waals surface area (Å²) in [7, 11) is 1.78. The Labute approximate surface area is 115 Å². The minimum atomic E-state index is 0.142. The molecule has 1 aliphatic heterocycles. The maximum atomic E-state index is 5.77. The minimum Gasteiger partial charge on any atom is -0.379 e. The fourth-order valence-corrected chi connectivity index (χ4v) is 2.51. The first kappa shape index (κ1) is 14.2. The number of nitrogens with two attached hydrogens (primary N) is 1. The molecular formula is C14H24N4O. The van der Waals surface area contributed by atoms with Crippen LogP contribution in [0.25, 0.3) is 0 Å². The van der Waals surface area contributed by atoms with Gasteiger partial charge in [0.2, 0.25) is 5.95 Å². The van der Waals surface area contributed by atoms with E-state index in [-0.39, 0.29) is 12.1 Å². The number of hydrogen-bond donors (Lipinski definition) is 1. The minimum absolute atomic E-state index is 0.142. The molecule has 106 valence electrons. The molecule has 0 aromatic carbocycles. The fourth-order valence-electron chi connectivity index (χ4n) is 2.51. The highest BCUT2D eigenvalue weighted by molar-refractivity contribution is 5.31. The van der Waals surface area contributed by atoms with Crippen LogP contribution in [0.5, 0.6) is 0 Å². The molecule has 5 heteroatoms. The second-order valence-electron chi connectivity index (χ2n) is 5.56. The molecule has 19 heavy (non-hydrogen) atoms. The van der Waals surface area contributed by atoms with Crippen molar-refractivity contribution in [2.45, 2.75) is 38.8 Å². The Morgan fingerprint density at radius 3 is 2.74 bits per heavy atom. The van der Waals surface area contributed by atoms with E-state index in [1.165, 1.54) is 0 Å². The molecule has 3 unspecified atom stereocenters. The van der Waals surface area contributed by atoms with Gasteiger partial charge in [-0.15, -0.1) is 0 Å². The summed E-state index contributed by atoms with van der Waals surface area (Å²) in [6, 6.07) is 0.142. The highest BCUT2D eigenvalue weighted by Gasteiger charge is 2.27. The molecule has 0 aliphatic carbocycles. The summed E-state index contributed by atoms with van der Waals surface area (Å²) in [6.07, 6.45) is 5.96. The molecule has 0 saturated carbocycles. The quantitative estimate of drug-likeness (QED) is 0.886. The Bertz CT molecular complexity index is 393. The van der Waals surface area contributed by atoms with Gasteiger partial charge in [0.1, 0.15) is 0 Å². The second-order valence-corrected chi connectivity index (χ2v) is 5.56. The largest absolute Gasteiger partial charge is 0.379 e. The molecular weight excluding hydrogens is 240 g/mol. The number of methoxy groups -OCH3 is 1. The van der Waals surface area contributed by atoms with Gasteiger partial charge >= 0.3 is 0 Å². The van der Waals surface area contributed by atoms with Gasteiger partial charge in [0.05, 0.1) is 6.10 Å². The smallest absolute Gasteiger partial charge is 0.225 e. The summed E-state index contributed by atoms with van der Waals surface area (Å²) in [4.78, 5) is 11.1. The second kappa shape index (κ2) is 6.30. The fraction of sp³-hybridized carbons (Fsp3) is 0.714. The zero-order valence-corrected chi connectivity index (χ0v) is 12.0. The number of piperidine rings is 1. The summed E-state index contributed by atoms with van der Waals surface area (Å²) in [6.45, 7) is 6.08. The molecule has 1 aliphatic rings. The van der Waals surface area contributed by atoms with E-state index in [9.17, 15) is 0 Å². The van der Waals surface area contributed by atoms with Gasteiger partial charge in [0.15, 0.2) is 0 Å². The van der Waals surface area contributed by atoms with E-state index in [2.05, 4.69) is 21.8 Å². The van der Waals surface area contributed by atoms with Gasteiger partial charge in [-0.2, -0.15) is 0 Å². The van der Waals surface area contributed by atoms with E-state index in [4.69, 9.17) is 10.5 Å². The number of aromatic nitrogens is 2. The summed E-state index contributed by atoms with van der Waals surface area (Å²) in [5, 5.41) is 0. The van der Waals surface area contributed by atoms with Gasteiger partial charge in [-0.25, -0.2) is 9.97 Å². The molecule has 0 spiro atoms. The summed E-state index contributed by atoms with van der Waals surface area (Å²) >= 11 is 0. The molecule has 1 saturated heterocycles. The number of hydrogen-bond acceptors (Lipinski definition) is 5. The molecule has 3 atom stereocenters. The predicted octanol–water partition coefficient (Wildman–Crippen LogP) is 1.23. The SMILES string of the molecule is COC1CN(c2ncc(CC(C)N)cn2)CCC1C. The van der Waals surface area contributed by atoms with Crippen LogP contribution in [0, 0.1) is 5.92 Å². The van der Waals surface area contributed by atoms with Crippen molar-refractivity contribution < 1.29 is 4.74 Å². The maximum Gasteiger partial charge on any atom is 0.225 e. The van der Waals surface area contributed by atoms with Crippen molar-refractivity contribution in [1.82, 2.24) is 9.97 Å². The van der Waals surface area contributed by atoms with Crippen molar-refractivity contribution >= 4 is 5.95 Å². The van der Waals surface area contributed by atoms with Crippen molar-refractivity contribution in [2.24, 2.45) is 11.7 Å². The van der Waals surface area contributed by atoms with Crippen LogP contribution in [0.2, 0.25) is 0 Å². The van der Waals surface area contributed by atoms with Crippen LogP contribution in [-0.4, -0.2) is 42.3 Å². The first-order valence-electron chi connectivity index (χ1n) is 6.94. The molecule has 1 fully saturated rings. The molecule has 0 amide bonds. The lowest BCUT2D eigenvalue weighted by atomic mass is 9.96.